The molecule has 3 aromatic rings. The van der Waals surface area contributed by atoms with E-state index in [-0.39, 0.29) is 11.5 Å². The van der Waals surface area contributed by atoms with Crippen LogP contribution in [-0.4, -0.2) is 51.8 Å². The number of benzene rings is 1. The smallest absolute Gasteiger partial charge is 0.267 e. The average Bonchev–Trinajstić information content (AvgIpc) is 2.79. The quantitative estimate of drug-likeness (QED) is 0.645. The molecule has 0 N–H and O–H groups in total. The van der Waals surface area contributed by atoms with Crippen LogP contribution in [0.2, 0.25) is 5.02 Å². The first-order valence-corrected chi connectivity index (χ1v) is 10.2. The van der Waals surface area contributed by atoms with E-state index in [0.717, 1.165) is 11.3 Å². The zero-order chi connectivity index (χ0) is 21.1. The monoisotopic (exact) mass is 423 g/mol. The van der Waals surface area contributed by atoms with Crippen molar-refractivity contribution < 1.29 is 4.79 Å². The van der Waals surface area contributed by atoms with Gasteiger partial charge in [-0.2, -0.15) is 5.10 Å². The fourth-order valence-corrected chi connectivity index (χ4v) is 3.79. The van der Waals surface area contributed by atoms with Gasteiger partial charge in [-0.3, -0.25) is 14.6 Å². The maximum atomic E-state index is 13.1. The van der Waals surface area contributed by atoms with E-state index in [9.17, 15) is 9.59 Å². The molecule has 1 saturated heterocycles. The van der Waals surface area contributed by atoms with Crippen molar-refractivity contribution in [2.24, 2.45) is 0 Å². The van der Waals surface area contributed by atoms with Gasteiger partial charge in [-0.25, -0.2) is 4.68 Å². The number of aromatic nitrogens is 3. The molecule has 0 spiro atoms. The van der Waals surface area contributed by atoms with Crippen LogP contribution in [0.5, 0.6) is 0 Å². The molecule has 1 unspecified atom stereocenters. The second-order valence-electron chi connectivity index (χ2n) is 7.21. The number of hydrogen-bond acceptors (Lipinski definition) is 5. The third-order valence-corrected chi connectivity index (χ3v) is 5.53. The van der Waals surface area contributed by atoms with Gasteiger partial charge >= 0.3 is 0 Å². The van der Waals surface area contributed by atoms with Crippen molar-refractivity contribution in [2.45, 2.75) is 13.0 Å². The molecular formula is C22H22ClN5O2. The molecule has 1 amide bonds. The molecule has 1 atom stereocenters. The Kier molecular flexibility index (Phi) is 5.81. The summed E-state index contributed by atoms with van der Waals surface area (Å²) in [5.74, 6) is -0.109. The van der Waals surface area contributed by atoms with Crippen molar-refractivity contribution >= 4 is 23.2 Å². The summed E-state index contributed by atoms with van der Waals surface area (Å²) < 4.78 is 1.27. The zero-order valence-electron chi connectivity index (χ0n) is 16.6. The van der Waals surface area contributed by atoms with Crippen molar-refractivity contribution in [1.29, 1.82) is 0 Å². The molecular weight excluding hydrogens is 402 g/mol. The highest BCUT2D eigenvalue weighted by Crippen LogP contribution is 2.22. The van der Waals surface area contributed by atoms with Crippen LogP contribution in [0.25, 0.3) is 11.3 Å². The van der Waals surface area contributed by atoms with Crippen LogP contribution in [0.15, 0.2) is 65.7 Å². The Morgan fingerprint density at radius 1 is 1.03 bits per heavy atom. The number of carbonyl (C=O) groups excluding carboxylic acids is 1. The van der Waals surface area contributed by atoms with Crippen LogP contribution in [0.1, 0.15) is 13.0 Å². The molecule has 0 saturated carbocycles. The van der Waals surface area contributed by atoms with Gasteiger partial charge in [0.15, 0.2) is 0 Å². The van der Waals surface area contributed by atoms with Crippen LogP contribution >= 0.6 is 11.6 Å². The van der Waals surface area contributed by atoms with Crippen molar-refractivity contribution in [3.8, 4) is 11.3 Å². The molecule has 0 radical (unpaired) electrons. The standard InChI is InChI=1S/C22H22ClN5O2/c1-16(28-21(29)6-5-20(25-28)17-7-9-24-10-8-17)22(30)27-13-11-26(12-14-27)19-4-2-3-18(23)15-19/h2-10,15-16H,11-14H2,1H3. The van der Waals surface area contributed by atoms with E-state index in [2.05, 4.69) is 15.0 Å². The number of halogens is 1. The second kappa shape index (κ2) is 8.67. The Bertz CT molecular complexity index is 1090. The van der Waals surface area contributed by atoms with Gasteiger partial charge in [-0.05, 0) is 43.3 Å². The van der Waals surface area contributed by atoms with E-state index in [1.165, 1.54) is 10.7 Å². The second-order valence-corrected chi connectivity index (χ2v) is 7.64. The molecule has 0 aliphatic carbocycles. The SMILES string of the molecule is CC(C(=O)N1CCN(c2cccc(Cl)c2)CC1)n1nc(-c2ccncc2)ccc1=O. The first-order valence-electron chi connectivity index (χ1n) is 9.82. The van der Waals surface area contributed by atoms with Gasteiger partial charge in [-0.15, -0.1) is 0 Å². The van der Waals surface area contributed by atoms with Gasteiger partial charge in [0, 0.05) is 60.9 Å². The number of anilines is 1. The third kappa shape index (κ3) is 4.21. The number of pyridine rings is 1. The van der Waals surface area contributed by atoms with E-state index in [0.29, 0.717) is 36.9 Å². The predicted molar refractivity (Wildman–Crippen MR) is 117 cm³/mol. The van der Waals surface area contributed by atoms with Gasteiger partial charge in [0.05, 0.1) is 5.69 Å². The minimum absolute atomic E-state index is 0.109. The summed E-state index contributed by atoms with van der Waals surface area (Å²) in [6.45, 7) is 4.29. The van der Waals surface area contributed by atoms with Crippen molar-refractivity contribution in [3.05, 3.63) is 76.3 Å². The molecule has 1 aliphatic rings. The lowest BCUT2D eigenvalue weighted by atomic mass is 10.2. The zero-order valence-corrected chi connectivity index (χ0v) is 17.4. The molecule has 4 rings (SSSR count). The molecule has 3 heterocycles. The number of amides is 1. The largest absolute Gasteiger partial charge is 0.368 e. The first kappa shape index (κ1) is 20.1. The molecule has 1 fully saturated rings. The van der Waals surface area contributed by atoms with Crippen molar-refractivity contribution in [2.75, 3.05) is 31.1 Å². The maximum absolute atomic E-state index is 13.1. The Balaban J connectivity index is 1.47. The summed E-state index contributed by atoms with van der Waals surface area (Å²) in [6, 6.07) is 13.8. The Morgan fingerprint density at radius 3 is 2.47 bits per heavy atom. The summed E-state index contributed by atoms with van der Waals surface area (Å²) in [7, 11) is 0. The summed E-state index contributed by atoms with van der Waals surface area (Å²) in [6.07, 6.45) is 3.33. The normalized spacial score (nSPS) is 15.1. The molecule has 7 nitrogen and oxygen atoms in total. The highest BCUT2D eigenvalue weighted by Gasteiger charge is 2.27. The summed E-state index contributed by atoms with van der Waals surface area (Å²) in [4.78, 5) is 33.5. The molecule has 30 heavy (non-hydrogen) atoms. The topological polar surface area (TPSA) is 71.3 Å². The summed E-state index contributed by atoms with van der Waals surface area (Å²) in [5, 5.41) is 5.13. The molecule has 1 aliphatic heterocycles. The third-order valence-electron chi connectivity index (χ3n) is 5.29. The number of carbonyl (C=O) groups is 1. The van der Waals surface area contributed by atoms with Crippen LogP contribution in [0, 0.1) is 0 Å². The van der Waals surface area contributed by atoms with Crippen molar-refractivity contribution in [1.82, 2.24) is 19.7 Å². The fraction of sp³-hybridized carbons (Fsp3) is 0.273. The van der Waals surface area contributed by atoms with Crippen LogP contribution < -0.4 is 10.5 Å². The highest BCUT2D eigenvalue weighted by molar-refractivity contribution is 6.30. The van der Waals surface area contributed by atoms with E-state index >= 15 is 0 Å². The van der Waals surface area contributed by atoms with E-state index < -0.39 is 6.04 Å². The summed E-state index contributed by atoms with van der Waals surface area (Å²) in [5.41, 5.74) is 2.22. The van der Waals surface area contributed by atoms with E-state index in [1.54, 1.807) is 30.3 Å². The molecule has 8 heteroatoms. The number of rotatable bonds is 4. The minimum atomic E-state index is -0.683. The van der Waals surface area contributed by atoms with Crippen molar-refractivity contribution in [3.63, 3.8) is 0 Å². The Labute approximate surface area is 179 Å². The van der Waals surface area contributed by atoms with Crippen LogP contribution in [-0.2, 0) is 4.79 Å². The number of nitrogens with zero attached hydrogens (tertiary/aromatic N) is 5. The maximum Gasteiger partial charge on any atom is 0.267 e. The van der Waals surface area contributed by atoms with Crippen LogP contribution in [0.4, 0.5) is 5.69 Å². The molecule has 2 aromatic heterocycles. The fourth-order valence-electron chi connectivity index (χ4n) is 3.61. The lowest BCUT2D eigenvalue weighted by molar-refractivity contribution is -0.135. The number of piperazine rings is 1. The number of hydrogen-bond donors (Lipinski definition) is 0. The summed E-state index contributed by atoms with van der Waals surface area (Å²) >= 11 is 6.09. The highest BCUT2D eigenvalue weighted by atomic mass is 35.5. The molecule has 1 aromatic carbocycles. The minimum Gasteiger partial charge on any atom is -0.368 e. The van der Waals surface area contributed by atoms with E-state index in [1.807, 2.05) is 36.4 Å². The van der Waals surface area contributed by atoms with Gasteiger partial charge < -0.3 is 9.80 Å². The average molecular weight is 424 g/mol. The van der Waals surface area contributed by atoms with E-state index in [4.69, 9.17) is 11.6 Å². The Morgan fingerprint density at radius 2 is 1.77 bits per heavy atom. The van der Waals surface area contributed by atoms with Gasteiger partial charge in [0.25, 0.3) is 5.56 Å². The van der Waals surface area contributed by atoms with Crippen LogP contribution in [0.3, 0.4) is 0 Å². The molecule has 154 valence electrons. The molecule has 0 bridgehead atoms. The first-order chi connectivity index (χ1) is 14.5. The predicted octanol–water partition coefficient (Wildman–Crippen LogP) is 2.87. The Hall–Kier alpha value is -3.19. The van der Waals surface area contributed by atoms with Gasteiger partial charge in [-0.1, -0.05) is 17.7 Å². The van der Waals surface area contributed by atoms with Gasteiger partial charge in [0.2, 0.25) is 5.91 Å². The van der Waals surface area contributed by atoms with Gasteiger partial charge in [0.1, 0.15) is 6.04 Å². The lowest BCUT2D eigenvalue weighted by Crippen LogP contribution is -2.51. The lowest BCUT2D eigenvalue weighted by Gasteiger charge is -2.37.